The molecule has 96 valence electrons. The van der Waals surface area contributed by atoms with Crippen molar-refractivity contribution >= 4 is 5.91 Å². The number of rotatable bonds is 5. The Hall–Kier alpha value is -0.610. The van der Waals surface area contributed by atoms with E-state index in [0.717, 1.165) is 6.54 Å². The van der Waals surface area contributed by atoms with Gasteiger partial charge in [0.05, 0.1) is 0 Å². The molecule has 0 heterocycles. The number of nitrogens with zero attached hydrogens (tertiary/aromatic N) is 1. The highest BCUT2D eigenvalue weighted by Gasteiger charge is 2.28. The molecule has 4 nitrogen and oxygen atoms in total. The Morgan fingerprint density at radius 2 is 1.94 bits per heavy atom. The van der Waals surface area contributed by atoms with E-state index in [-0.39, 0.29) is 17.2 Å². The van der Waals surface area contributed by atoms with E-state index in [1.165, 1.54) is 0 Å². The Morgan fingerprint density at radius 3 is 2.25 bits per heavy atom. The summed E-state index contributed by atoms with van der Waals surface area (Å²) in [4.78, 5) is 13.6. The van der Waals surface area contributed by atoms with Crippen LogP contribution in [0, 0.1) is 11.3 Å². The number of amides is 1. The van der Waals surface area contributed by atoms with Crippen molar-refractivity contribution < 1.29 is 4.79 Å². The molecule has 16 heavy (non-hydrogen) atoms. The first kappa shape index (κ1) is 15.4. The molecule has 0 aromatic rings. The van der Waals surface area contributed by atoms with Gasteiger partial charge in [-0.15, -0.1) is 0 Å². The summed E-state index contributed by atoms with van der Waals surface area (Å²) in [6, 6.07) is 0.291. The molecule has 0 aliphatic heterocycles. The molecule has 1 amide bonds. The van der Waals surface area contributed by atoms with Gasteiger partial charge in [-0.05, 0) is 12.5 Å². The van der Waals surface area contributed by atoms with Crippen molar-refractivity contribution in [2.45, 2.75) is 33.7 Å². The van der Waals surface area contributed by atoms with Crippen LogP contribution in [0.15, 0.2) is 0 Å². The molecule has 0 aromatic carbocycles. The summed E-state index contributed by atoms with van der Waals surface area (Å²) in [7, 11) is 3.70. The van der Waals surface area contributed by atoms with E-state index in [1.54, 1.807) is 7.05 Å². The van der Waals surface area contributed by atoms with E-state index in [9.17, 15) is 4.79 Å². The Labute approximate surface area is 99.6 Å². The molecule has 3 N–H and O–H groups in total. The zero-order valence-electron chi connectivity index (χ0n) is 11.5. The molecular weight excluding hydrogens is 202 g/mol. The zero-order chi connectivity index (χ0) is 12.9. The van der Waals surface area contributed by atoms with Crippen LogP contribution in [0.1, 0.15) is 27.7 Å². The third-order valence-electron chi connectivity index (χ3n) is 3.01. The Kier molecular flexibility index (Phi) is 5.97. The molecule has 0 aromatic heterocycles. The summed E-state index contributed by atoms with van der Waals surface area (Å²) in [5.74, 6) is 0.0722. The van der Waals surface area contributed by atoms with Crippen molar-refractivity contribution in [3.8, 4) is 0 Å². The quantitative estimate of drug-likeness (QED) is 0.728. The van der Waals surface area contributed by atoms with Crippen molar-refractivity contribution in [3.63, 3.8) is 0 Å². The Morgan fingerprint density at radius 1 is 1.44 bits per heavy atom. The van der Waals surface area contributed by atoms with Crippen molar-refractivity contribution in [2.75, 3.05) is 27.2 Å². The number of hydrogen-bond acceptors (Lipinski definition) is 3. The minimum Gasteiger partial charge on any atom is -0.359 e. The lowest BCUT2D eigenvalue weighted by molar-refractivity contribution is -0.124. The van der Waals surface area contributed by atoms with E-state index >= 15 is 0 Å². The second-order valence-corrected chi connectivity index (χ2v) is 5.57. The van der Waals surface area contributed by atoms with Crippen LogP contribution in [-0.4, -0.2) is 44.0 Å². The number of carbonyl (C=O) groups excluding carboxylic acids is 1. The molecule has 0 aliphatic carbocycles. The number of hydrogen-bond donors (Lipinski definition) is 2. The van der Waals surface area contributed by atoms with Crippen LogP contribution in [0.5, 0.6) is 0 Å². The third-order valence-corrected chi connectivity index (χ3v) is 3.01. The first-order chi connectivity index (χ1) is 7.23. The smallest absolute Gasteiger partial charge is 0.223 e. The van der Waals surface area contributed by atoms with Crippen LogP contribution in [0.25, 0.3) is 0 Å². The van der Waals surface area contributed by atoms with E-state index in [0.29, 0.717) is 12.6 Å². The fraction of sp³-hybridized carbons (Fsp3) is 0.917. The second-order valence-electron chi connectivity index (χ2n) is 5.57. The minimum atomic E-state index is -0.00796. The molecule has 0 bridgehead atoms. The predicted molar refractivity (Wildman–Crippen MR) is 68.2 cm³/mol. The van der Waals surface area contributed by atoms with Gasteiger partial charge in [0.15, 0.2) is 0 Å². The number of nitrogens with two attached hydrogens (primary N) is 1. The Balaban J connectivity index is 4.43. The van der Waals surface area contributed by atoms with Gasteiger partial charge in [0.2, 0.25) is 5.91 Å². The lowest BCUT2D eigenvalue weighted by Gasteiger charge is -2.38. The van der Waals surface area contributed by atoms with Crippen LogP contribution >= 0.6 is 0 Å². The first-order valence-electron chi connectivity index (χ1n) is 5.86. The highest BCUT2D eigenvalue weighted by Crippen LogP contribution is 2.23. The SMILES string of the molecule is CNC(=O)C(C)CN(C)C(CN)C(C)(C)C. The van der Waals surface area contributed by atoms with Gasteiger partial charge in [-0.2, -0.15) is 0 Å². The zero-order valence-corrected chi connectivity index (χ0v) is 11.5. The van der Waals surface area contributed by atoms with Crippen molar-refractivity contribution in [1.29, 1.82) is 0 Å². The van der Waals surface area contributed by atoms with Crippen LogP contribution < -0.4 is 11.1 Å². The molecule has 0 fully saturated rings. The number of carbonyl (C=O) groups is 1. The van der Waals surface area contributed by atoms with Crippen molar-refractivity contribution in [2.24, 2.45) is 17.1 Å². The number of likely N-dealkylation sites (N-methyl/N-ethyl adjacent to an activating group) is 1. The summed E-state index contributed by atoms with van der Waals surface area (Å²) in [6.07, 6.45) is 0. The highest BCUT2D eigenvalue weighted by atomic mass is 16.1. The van der Waals surface area contributed by atoms with Gasteiger partial charge in [0.25, 0.3) is 0 Å². The molecule has 0 radical (unpaired) electrons. The molecule has 0 rings (SSSR count). The third kappa shape index (κ3) is 4.49. The fourth-order valence-electron chi connectivity index (χ4n) is 2.08. The summed E-state index contributed by atoms with van der Waals surface area (Å²) in [5.41, 5.74) is 5.93. The average molecular weight is 229 g/mol. The summed E-state index contributed by atoms with van der Waals surface area (Å²) < 4.78 is 0. The maximum Gasteiger partial charge on any atom is 0.223 e. The van der Waals surface area contributed by atoms with E-state index in [2.05, 4.69) is 31.0 Å². The average Bonchev–Trinajstić information content (AvgIpc) is 2.14. The molecule has 0 aliphatic rings. The lowest BCUT2D eigenvalue weighted by atomic mass is 9.85. The van der Waals surface area contributed by atoms with E-state index < -0.39 is 0 Å². The van der Waals surface area contributed by atoms with Crippen LogP contribution in [0.2, 0.25) is 0 Å². The van der Waals surface area contributed by atoms with Crippen molar-refractivity contribution in [1.82, 2.24) is 10.2 Å². The molecule has 4 heteroatoms. The highest BCUT2D eigenvalue weighted by molar-refractivity contribution is 5.78. The van der Waals surface area contributed by atoms with Gasteiger partial charge in [0.1, 0.15) is 0 Å². The van der Waals surface area contributed by atoms with Crippen LogP contribution in [0.3, 0.4) is 0 Å². The largest absolute Gasteiger partial charge is 0.359 e. The van der Waals surface area contributed by atoms with Gasteiger partial charge in [-0.25, -0.2) is 0 Å². The minimum absolute atomic E-state index is 0.00796. The standard InChI is InChI=1S/C12H27N3O/c1-9(11(16)14-5)8-15(6)10(7-13)12(2,3)4/h9-10H,7-8,13H2,1-6H3,(H,14,16). The topological polar surface area (TPSA) is 58.4 Å². The number of nitrogens with one attached hydrogen (secondary N) is 1. The molecular formula is C12H27N3O. The molecule has 0 saturated carbocycles. The van der Waals surface area contributed by atoms with Gasteiger partial charge >= 0.3 is 0 Å². The fourth-order valence-corrected chi connectivity index (χ4v) is 2.08. The van der Waals surface area contributed by atoms with E-state index in [4.69, 9.17) is 5.73 Å². The van der Waals surface area contributed by atoms with Gasteiger partial charge in [0, 0.05) is 32.1 Å². The summed E-state index contributed by atoms with van der Waals surface area (Å²) >= 11 is 0. The molecule has 0 spiro atoms. The van der Waals surface area contributed by atoms with Gasteiger partial charge in [-0.1, -0.05) is 27.7 Å². The van der Waals surface area contributed by atoms with Crippen LogP contribution in [-0.2, 0) is 4.79 Å². The monoisotopic (exact) mass is 229 g/mol. The molecule has 2 atom stereocenters. The lowest BCUT2D eigenvalue weighted by Crippen LogP contribution is -2.49. The normalized spacial score (nSPS) is 16.0. The predicted octanol–water partition coefficient (Wildman–Crippen LogP) is 0.674. The van der Waals surface area contributed by atoms with Gasteiger partial charge in [-0.3, -0.25) is 4.79 Å². The van der Waals surface area contributed by atoms with Gasteiger partial charge < -0.3 is 16.0 Å². The van der Waals surface area contributed by atoms with E-state index in [1.807, 2.05) is 14.0 Å². The maximum absolute atomic E-state index is 11.4. The second kappa shape index (κ2) is 6.21. The first-order valence-corrected chi connectivity index (χ1v) is 5.86. The Bertz CT molecular complexity index is 223. The van der Waals surface area contributed by atoms with Crippen molar-refractivity contribution in [3.05, 3.63) is 0 Å². The maximum atomic E-state index is 11.4. The molecule has 2 unspecified atom stereocenters. The summed E-state index contributed by atoms with van der Waals surface area (Å²) in [6.45, 7) is 9.80. The molecule has 0 saturated heterocycles. The van der Waals surface area contributed by atoms with Crippen LogP contribution in [0.4, 0.5) is 0 Å². The summed E-state index contributed by atoms with van der Waals surface area (Å²) in [5, 5.41) is 2.67.